The highest BCUT2D eigenvalue weighted by atomic mass is 35.5. The molecule has 2 aromatic carbocycles. The summed E-state index contributed by atoms with van der Waals surface area (Å²) in [5, 5.41) is 1.43. The summed E-state index contributed by atoms with van der Waals surface area (Å²) in [6, 6.07) is 17.1. The van der Waals surface area contributed by atoms with Gasteiger partial charge in [-0.05, 0) is 23.1 Å². The molecule has 0 amide bonds. The number of rotatable bonds is 2. The van der Waals surface area contributed by atoms with Crippen LogP contribution in [0, 0.1) is 0 Å². The topological polar surface area (TPSA) is 30.2 Å². The van der Waals surface area contributed by atoms with Crippen molar-refractivity contribution in [1.29, 1.82) is 0 Å². The molecule has 2 nitrogen and oxygen atoms in total. The van der Waals surface area contributed by atoms with Crippen molar-refractivity contribution in [3.8, 4) is 11.3 Å². The Morgan fingerprint density at radius 3 is 2.53 bits per heavy atom. The zero-order valence-electron chi connectivity index (χ0n) is 10.1. The maximum absolute atomic E-state index is 12.0. The van der Waals surface area contributed by atoms with Gasteiger partial charge in [0.1, 0.15) is 5.76 Å². The second-order valence-corrected chi connectivity index (χ2v) is 4.59. The minimum atomic E-state index is -0.330. The molecule has 0 N–H and O–H groups in total. The van der Waals surface area contributed by atoms with E-state index in [0.29, 0.717) is 17.0 Å². The Labute approximate surface area is 115 Å². The molecule has 0 saturated heterocycles. The minimum Gasteiger partial charge on any atom is -0.422 e. The molecular formula is C16H11ClO2. The lowest BCUT2D eigenvalue weighted by Crippen LogP contribution is -2.00. The van der Waals surface area contributed by atoms with Gasteiger partial charge >= 0.3 is 5.63 Å². The molecule has 0 spiro atoms. The minimum absolute atomic E-state index is 0.330. The van der Waals surface area contributed by atoms with Crippen molar-refractivity contribution < 1.29 is 4.42 Å². The number of hydrogen-bond acceptors (Lipinski definition) is 2. The summed E-state index contributed by atoms with van der Waals surface area (Å²) in [6.07, 6.45) is 0. The molecule has 1 aromatic heterocycles. The van der Waals surface area contributed by atoms with E-state index in [0.717, 1.165) is 16.5 Å². The first kappa shape index (κ1) is 12.0. The predicted octanol–water partition coefficient (Wildman–Crippen LogP) is 4.20. The van der Waals surface area contributed by atoms with E-state index in [1.54, 1.807) is 6.07 Å². The molecule has 0 aliphatic carbocycles. The quantitative estimate of drug-likeness (QED) is 0.653. The SMILES string of the molecule is O=c1oc(-c2ccccc2)cc2ccc(CCl)cc12. The van der Waals surface area contributed by atoms with Crippen LogP contribution in [-0.2, 0) is 5.88 Å². The van der Waals surface area contributed by atoms with E-state index in [-0.39, 0.29) is 5.63 Å². The largest absolute Gasteiger partial charge is 0.422 e. The molecule has 0 atom stereocenters. The summed E-state index contributed by atoms with van der Waals surface area (Å²) in [4.78, 5) is 12.0. The van der Waals surface area contributed by atoms with Crippen LogP contribution in [0.5, 0.6) is 0 Å². The number of alkyl halides is 1. The summed E-state index contributed by atoms with van der Waals surface area (Å²) < 4.78 is 5.38. The second-order valence-electron chi connectivity index (χ2n) is 4.32. The molecular weight excluding hydrogens is 260 g/mol. The smallest absolute Gasteiger partial charge is 0.344 e. The Hall–Kier alpha value is -2.06. The Balaban J connectivity index is 2.23. The van der Waals surface area contributed by atoms with E-state index in [9.17, 15) is 4.79 Å². The summed E-state index contributed by atoms with van der Waals surface area (Å²) in [5.41, 5.74) is 1.47. The van der Waals surface area contributed by atoms with Crippen molar-refractivity contribution in [2.24, 2.45) is 0 Å². The third-order valence-electron chi connectivity index (χ3n) is 3.04. The number of benzene rings is 2. The molecule has 0 aliphatic rings. The fourth-order valence-electron chi connectivity index (χ4n) is 2.06. The third kappa shape index (κ3) is 2.27. The van der Waals surface area contributed by atoms with Gasteiger partial charge in [-0.2, -0.15) is 0 Å². The van der Waals surface area contributed by atoms with Crippen molar-refractivity contribution in [3.63, 3.8) is 0 Å². The first-order valence-electron chi connectivity index (χ1n) is 5.96. The van der Waals surface area contributed by atoms with E-state index in [1.165, 1.54) is 0 Å². The predicted molar refractivity (Wildman–Crippen MR) is 77.5 cm³/mol. The van der Waals surface area contributed by atoms with Crippen molar-refractivity contribution in [2.75, 3.05) is 0 Å². The monoisotopic (exact) mass is 270 g/mol. The zero-order valence-corrected chi connectivity index (χ0v) is 10.9. The van der Waals surface area contributed by atoms with E-state index < -0.39 is 0 Å². The standard InChI is InChI=1S/C16H11ClO2/c17-10-11-6-7-13-9-15(12-4-2-1-3-5-12)19-16(18)14(13)8-11/h1-9H,10H2. The van der Waals surface area contributed by atoms with E-state index in [1.807, 2.05) is 48.5 Å². The van der Waals surface area contributed by atoms with E-state index in [4.69, 9.17) is 16.0 Å². The van der Waals surface area contributed by atoms with Crippen molar-refractivity contribution in [1.82, 2.24) is 0 Å². The number of halogens is 1. The van der Waals surface area contributed by atoms with Gasteiger partial charge in [-0.1, -0.05) is 42.5 Å². The molecule has 0 unspecified atom stereocenters. The van der Waals surface area contributed by atoms with Crippen LogP contribution in [0.3, 0.4) is 0 Å². The van der Waals surface area contributed by atoms with Gasteiger partial charge < -0.3 is 4.42 Å². The number of hydrogen-bond donors (Lipinski definition) is 0. The molecule has 0 aliphatic heterocycles. The van der Waals surface area contributed by atoms with Gasteiger partial charge in [-0.3, -0.25) is 0 Å². The summed E-state index contributed by atoms with van der Waals surface area (Å²) in [7, 11) is 0. The highest BCUT2D eigenvalue weighted by molar-refractivity contribution is 6.17. The molecule has 0 fully saturated rings. The molecule has 3 aromatic rings. The molecule has 0 saturated carbocycles. The second kappa shape index (κ2) is 4.90. The normalized spacial score (nSPS) is 10.8. The maximum Gasteiger partial charge on any atom is 0.344 e. The van der Waals surface area contributed by atoms with Crippen LogP contribution in [0.4, 0.5) is 0 Å². The summed E-state index contributed by atoms with van der Waals surface area (Å²) >= 11 is 5.77. The molecule has 1 heterocycles. The highest BCUT2D eigenvalue weighted by Crippen LogP contribution is 2.22. The Bertz CT molecular complexity index is 776. The van der Waals surface area contributed by atoms with Gasteiger partial charge in [0.15, 0.2) is 0 Å². The van der Waals surface area contributed by atoms with Crippen LogP contribution < -0.4 is 5.63 Å². The first-order valence-corrected chi connectivity index (χ1v) is 6.49. The fourth-order valence-corrected chi connectivity index (χ4v) is 2.23. The molecule has 0 radical (unpaired) electrons. The van der Waals surface area contributed by atoms with Crippen LogP contribution in [0.2, 0.25) is 0 Å². The highest BCUT2D eigenvalue weighted by Gasteiger charge is 2.07. The molecule has 3 rings (SSSR count). The zero-order chi connectivity index (χ0) is 13.2. The van der Waals surface area contributed by atoms with Crippen molar-refractivity contribution >= 4 is 22.4 Å². The van der Waals surface area contributed by atoms with Crippen LogP contribution in [0.25, 0.3) is 22.1 Å². The third-order valence-corrected chi connectivity index (χ3v) is 3.35. The lowest BCUT2D eigenvalue weighted by atomic mass is 10.1. The average Bonchev–Trinajstić information content (AvgIpc) is 2.48. The lowest BCUT2D eigenvalue weighted by Gasteiger charge is -2.03. The Kier molecular flexibility index (Phi) is 3.10. The molecule has 19 heavy (non-hydrogen) atoms. The van der Waals surface area contributed by atoms with Gasteiger partial charge in [-0.25, -0.2) is 4.79 Å². The van der Waals surface area contributed by atoms with Gasteiger partial charge in [0.2, 0.25) is 0 Å². The Morgan fingerprint density at radius 2 is 1.79 bits per heavy atom. The van der Waals surface area contributed by atoms with Gasteiger partial charge in [0.05, 0.1) is 5.39 Å². The fraction of sp³-hybridized carbons (Fsp3) is 0.0625. The van der Waals surface area contributed by atoms with Gasteiger partial charge in [0, 0.05) is 11.4 Å². The van der Waals surface area contributed by atoms with Gasteiger partial charge in [-0.15, -0.1) is 11.6 Å². The molecule has 3 heteroatoms. The number of fused-ring (bicyclic) bond motifs is 1. The molecule has 94 valence electrons. The molecule has 0 bridgehead atoms. The van der Waals surface area contributed by atoms with Crippen LogP contribution in [0.15, 0.2) is 63.8 Å². The Morgan fingerprint density at radius 1 is 1.00 bits per heavy atom. The first-order chi connectivity index (χ1) is 9.28. The van der Waals surface area contributed by atoms with Crippen LogP contribution in [0.1, 0.15) is 5.56 Å². The van der Waals surface area contributed by atoms with E-state index in [2.05, 4.69) is 0 Å². The van der Waals surface area contributed by atoms with Crippen molar-refractivity contribution in [2.45, 2.75) is 5.88 Å². The summed E-state index contributed by atoms with van der Waals surface area (Å²) in [6.45, 7) is 0. The van der Waals surface area contributed by atoms with Crippen LogP contribution in [-0.4, -0.2) is 0 Å². The van der Waals surface area contributed by atoms with Gasteiger partial charge in [0.25, 0.3) is 0 Å². The van der Waals surface area contributed by atoms with E-state index >= 15 is 0 Å². The average molecular weight is 271 g/mol. The summed E-state index contributed by atoms with van der Waals surface area (Å²) in [5.74, 6) is 0.965. The maximum atomic E-state index is 12.0. The lowest BCUT2D eigenvalue weighted by molar-refractivity contribution is 0.534. The van der Waals surface area contributed by atoms with Crippen LogP contribution >= 0.6 is 11.6 Å². The van der Waals surface area contributed by atoms with Crippen molar-refractivity contribution in [3.05, 3.63) is 70.6 Å².